The topological polar surface area (TPSA) is 94.3 Å². The third-order valence-corrected chi connectivity index (χ3v) is 6.30. The number of hydrogen-bond acceptors (Lipinski definition) is 6. The normalized spacial score (nSPS) is 14.2. The Hall–Kier alpha value is -3.69. The number of hydrazone groups is 1. The van der Waals surface area contributed by atoms with Crippen molar-refractivity contribution < 1.29 is 19.2 Å². The van der Waals surface area contributed by atoms with E-state index in [1.165, 1.54) is 29.3 Å². The number of hydrogen-bond donors (Lipinski definition) is 0. The smallest absolute Gasteiger partial charge is 0.280 e. The van der Waals surface area contributed by atoms with Crippen molar-refractivity contribution in [3.05, 3.63) is 97.0 Å². The highest BCUT2D eigenvalue weighted by Crippen LogP contribution is 2.39. The van der Waals surface area contributed by atoms with Crippen molar-refractivity contribution >= 4 is 56.6 Å². The van der Waals surface area contributed by atoms with Gasteiger partial charge >= 0.3 is 0 Å². The van der Waals surface area contributed by atoms with Crippen LogP contribution in [0.25, 0.3) is 6.08 Å². The van der Waals surface area contributed by atoms with E-state index in [0.29, 0.717) is 50.1 Å². The molecule has 0 spiro atoms. The maximum atomic E-state index is 13.1. The molecule has 1 aliphatic heterocycles. The number of halogens is 2. The van der Waals surface area contributed by atoms with Crippen LogP contribution in [0, 0.1) is 10.1 Å². The number of carbonyl (C=O) groups is 1. The Kier molecular flexibility index (Phi) is 7.71. The van der Waals surface area contributed by atoms with Gasteiger partial charge < -0.3 is 9.47 Å². The van der Waals surface area contributed by atoms with Crippen LogP contribution in [-0.2, 0) is 11.4 Å². The van der Waals surface area contributed by atoms with Crippen LogP contribution in [0.4, 0.5) is 11.4 Å². The Morgan fingerprint density at radius 2 is 1.86 bits per heavy atom. The molecule has 0 radical (unpaired) electrons. The molecular formula is C26H21BrClN3O5. The van der Waals surface area contributed by atoms with E-state index < -0.39 is 4.92 Å². The Morgan fingerprint density at radius 3 is 2.53 bits per heavy atom. The molecule has 0 unspecified atom stereocenters. The van der Waals surface area contributed by atoms with Gasteiger partial charge in [0, 0.05) is 22.7 Å². The van der Waals surface area contributed by atoms with Crippen molar-refractivity contribution in [2.45, 2.75) is 20.5 Å². The molecule has 0 fully saturated rings. The quantitative estimate of drug-likeness (QED) is 0.169. The van der Waals surface area contributed by atoms with E-state index in [1.807, 2.05) is 31.2 Å². The number of benzene rings is 3. The second kappa shape index (κ2) is 10.9. The fourth-order valence-corrected chi connectivity index (χ4v) is 4.35. The maximum absolute atomic E-state index is 13.1. The van der Waals surface area contributed by atoms with Gasteiger partial charge in [-0.2, -0.15) is 10.1 Å². The molecule has 1 amide bonds. The third-order valence-electron chi connectivity index (χ3n) is 5.34. The molecule has 36 heavy (non-hydrogen) atoms. The maximum Gasteiger partial charge on any atom is 0.280 e. The van der Waals surface area contributed by atoms with Crippen LogP contribution in [-0.4, -0.2) is 23.1 Å². The molecule has 1 heterocycles. The Morgan fingerprint density at radius 1 is 1.14 bits per heavy atom. The van der Waals surface area contributed by atoms with Crippen LogP contribution < -0.4 is 14.5 Å². The molecule has 0 aromatic heterocycles. The first-order valence-electron chi connectivity index (χ1n) is 11.0. The van der Waals surface area contributed by atoms with E-state index in [4.69, 9.17) is 21.1 Å². The summed E-state index contributed by atoms with van der Waals surface area (Å²) in [6, 6.07) is 16.7. The second-order valence-corrected chi connectivity index (χ2v) is 9.04. The van der Waals surface area contributed by atoms with Crippen LogP contribution in [0.3, 0.4) is 0 Å². The minimum absolute atomic E-state index is 0.0630. The van der Waals surface area contributed by atoms with Gasteiger partial charge in [0.1, 0.15) is 6.61 Å². The fourth-order valence-electron chi connectivity index (χ4n) is 3.58. The summed E-state index contributed by atoms with van der Waals surface area (Å²) in [5.41, 5.74) is 2.84. The molecule has 184 valence electrons. The van der Waals surface area contributed by atoms with Crippen molar-refractivity contribution in [1.82, 2.24) is 0 Å². The van der Waals surface area contributed by atoms with E-state index in [2.05, 4.69) is 21.0 Å². The third kappa shape index (κ3) is 5.42. The zero-order chi connectivity index (χ0) is 25.8. The van der Waals surface area contributed by atoms with Gasteiger partial charge in [-0.3, -0.25) is 14.9 Å². The van der Waals surface area contributed by atoms with E-state index >= 15 is 0 Å². The van der Waals surface area contributed by atoms with Crippen molar-refractivity contribution in [2.75, 3.05) is 11.6 Å². The molecule has 0 N–H and O–H groups in total. The first-order valence-corrected chi connectivity index (χ1v) is 12.1. The van der Waals surface area contributed by atoms with Crippen molar-refractivity contribution in [3.63, 3.8) is 0 Å². The van der Waals surface area contributed by atoms with Gasteiger partial charge in [0.15, 0.2) is 11.5 Å². The number of carbonyl (C=O) groups excluding carboxylic acids is 1. The van der Waals surface area contributed by atoms with E-state index in [1.54, 1.807) is 25.1 Å². The lowest BCUT2D eigenvalue weighted by molar-refractivity contribution is -0.384. The first-order chi connectivity index (χ1) is 17.3. The number of nitro groups is 1. The van der Waals surface area contributed by atoms with Crippen LogP contribution in [0.5, 0.6) is 11.5 Å². The van der Waals surface area contributed by atoms with Gasteiger partial charge in [-0.15, -0.1) is 0 Å². The lowest BCUT2D eigenvalue weighted by atomic mass is 10.1. The summed E-state index contributed by atoms with van der Waals surface area (Å²) in [6.45, 7) is 4.28. The molecule has 0 saturated heterocycles. The molecule has 4 rings (SSSR count). The Bertz CT molecular complexity index is 1390. The molecule has 1 aliphatic rings. The van der Waals surface area contributed by atoms with Gasteiger partial charge in [-0.05, 0) is 71.7 Å². The molecule has 0 saturated carbocycles. The van der Waals surface area contributed by atoms with Gasteiger partial charge in [-0.25, -0.2) is 0 Å². The van der Waals surface area contributed by atoms with Crippen molar-refractivity contribution in [1.29, 1.82) is 0 Å². The van der Waals surface area contributed by atoms with Gasteiger partial charge in [0.2, 0.25) is 0 Å². The van der Waals surface area contributed by atoms with Crippen molar-refractivity contribution in [3.8, 4) is 11.5 Å². The van der Waals surface area contributed by atoms with E-state index in [0.717, 1.165) is 5.56 Å². The molecule has 8 nitrogen and oxygen atoms in total. The standard InChI is InChI=1S/C26H21BrClN3O5/c1-3-35-24-14-17(13-22(27)25(24)36-15-18-6-4-5-7-23(18)28)12-21-16(2)29-30(26(21)32)19-8-10-20(11-9-19)31(33)34/h4-14H,3,15H2,1-2H3/b21-12-. The summed E-state index contributed by atoms with van der Waals surface area (Å²) in [6.07, 6.45) is 1.72. The molecule has 0 atom stereocenters. The van der Waals surface area contributed by atoms with Gasteiger partial charge in [0.25, 0.3) is 11.6 Å². The Balaban J connectivity index is 1.60. The molecule has 3 aromatic carbocycles. The van der Waals surface area contributed by atoms with Crippen LogP contribution in [0.15, 0.2) is 75.8 Å². The van der Waals surface area contributed by atoms with Gasteiger partial charge in [0.05, 0.1) is 33.0 Å². The second-order valence-electron chi connectivity index (χ2n) is 7.78. The molecule has 0 aliphatic carbocycles. The van der Waals surface area contributed by atoms with Crippen LogP contribution >= 0.6 is 27.5 Å². The molecule has 0 bridgehead atoms. The predicted octanol–water partition coefficient (Wildman–Crippen LogP) is 6.79. The lowest BCUT2D eigenvalue weighted by Crippen LogP contribution is -2.21. The molecule has 10 heteroatoms. The van der Waals surface area contributed by atoms with Crippen molar-refractivity contribution in [2.24, 2.45) is 5.10 Å². The highest BCUT2D eigenvalue weighted by Gasteiger charge is 2.29. The fraction of sp³-hybridized carbons (Fsp3) is 0.154. The summed E-state index contributed by atoms with van der Waals surface area (Å²) < 4.78 is 12.5. The summed E-state index contributed by atoms with van der Waals surface area (Å²) in [4.78, 5) is 23.5. The van der Waals surface area contributed by atoms with E-state index in [9.17, 15) is 14.9 Å². The zero-order valence-electron chi connectivity index (χ0n) is 19.4. The first kappa shape index (κ1) is 25.4. The van der Waals surface area contributed by atoms with Gasteiger partial charge in [-0.1, -0.05) is 29.8 Å². The minimum Gasteiger partial charge on any atom is -0.490 e. The summed E-state index contributed by atoms with van der Waals surface area (Å²) in [5.74, 6) is 0.696. The number of nitro benzene ring substituents is 1. The monoisotopic (exact) mass is 569 g/mol. The number of nitrogens with zero attached hydrogens (tertiary/aromatic N) is 3. The Labute approximate surface area is 221 Å². The SMILES string of the molecule is CCOc1cc(/C=C2\C(=O)N(c3ccc([N+](=O)[O-])cc3)N=C2C)cc(Br)c1OCc1ccccc1Cl. The van der Waals surface area contributed by atoms with Crippen LogP contribution in [0.1, 0.15) is 25.0 Å². The summed E-state index contributed by atoms with van der Waals surface area (Å²) in [5, 5.41) is 17.1. The van der Waals surface area contributed by atoms with Crippen LogP contribution in [0.2, 0.25) is 5.02 Å². The number of rotatable bonds is 8. The number of ether oxygens (including phenoxy) is 2. The average Bonchev–Trinajstić information content (AvgIpc) is 3.13. The highest BCUT2D eigenvalue weighted by atomic mass is 79.9. The number of amides is 1. The summed E-state index contributed by atoms with van der Waals surface area (Å²) >= 11 is 9.81. The number of non-ortho nitro benzene ring substituents is 1. The highest BCUT2D eigenvalue weighted by molar-refractivity contribution is 9.10. The molecule has 3 aromatic rings. The number of anilines is 1. The zero-order valence-corrected chi connectivity index (χ0v) is 21.7. The lowest BCUT2D eigenvalue weighted by Gasteiger charge is -2.15. The summed E-state index contributed by atoms with van der Waals surface area (Å²) in [7, 11) is 0. The van der Waals surface area contributed by atoms with E-state index in [-0.39, 0.29) is 18.2 Å². The molecular weight excluding hydrogens is 550 g/mol. The predicted molar refractivity (Wildman–Crippen MR) is 143 cm³/mol. The minimum atomic E-state index is -0.495. The average molecular weight is 571 g/mol. The largest absolute Gasteiger partial charge is 0.490 e.